The number of hydrogen-bond donors (Lipinski definition) is 1. The van der Waals surface area contributed by atoms with Crippen LogP contribution in [0.5, 0.6) is 5.75 Å². The first-order valence-corrected chi connectivity index (χ1v) is 11.1. The van der Waals surface area contributed by atoms with Crippen LogP contribution in [0.4, 0.5) is 10.6 Å². The molecule has 1 saturated heterocycles. The molecule has 0 atom stereocenters. The van der Waals surface area contributed by atoms with Crippen LogP contribution in [0.3, 0.4) is 0 Å². The lowest BCUT2D eigenvalue weighted by Crippen LogP contribution is -2.28. The Morgan fingerprint density at radius 3 is 2.94 bits per heavy atom. The Morgan fingerprint density at radius 1 is 1.28 bits per heavy atom. The van der Waals surface area contributed by atoms with Gasteiger partial charge in [-0.2, -0.15) is 5.10 Å². The van der Waals surface area contributed by atoms with E-state index < -0.39 is 0 Å². The van der Waals surface area contributed by atoms with Crippen molar-refractivity contribution in [1.29, 1.82) is 0 Å². The van der Waals surface area contributed by atoms with Crippen LogP contribution in [0, 0.1) is 6.92 Å². The summed E-state index contributed by atoms with van der Waals surface area (Å²) in [5.74, 6) is 1.26. The number of benzene rings is 1. The van der Waals surface area contributed by atoms with Gasteiger partial charge in [-0.05, 0) is 36.1 Å². The quantitative estimate of drug-likeness (QED) is 0.427. The van der Waals surface area contributed by atoms with Gasteiger partial charge in [0.25, 0.3) is 0 Å². The summed E-state index contributed by atoms with van der Waals surface area (Å²) in [4.78, 5) is 18.4. The van der Waals surface area contributed by atoms with Crippen molar-refractivity contribution in [2.24, 2.45) is 0 Å². The lowest BCUT2D eigenvalue weighted by molar-refractivity contribution is 0.0965. The standard InChI is InChI=1S/C22H23N5O4S/c1-13-7-14-9-18(32-20(14)17(8-13)29-2)16-10-15(27-19(16)21(23)24-12-25-27)11-30-5-3-26-4-6-31-22(26)28/h7-10,12H,3-6,11H2,1-2H3,(H2,23,24,25). The number of anilines is 1. The highest BCUT2D eigenvalue weighted by atomic mass is 32.1. The second-order valence-electron chi connectivity index (χ2n) is 7.61. The van der Waals surface area contributed by atoms with Crippen molar-refractivity contribution in [3.05, 3.63) is 41.9 Å². The average Bonchev–Trinajstić information content (AvgIpc) is 3.48. The van der Waals surface area contributed by atoms with Gasteiger partial charge in [-0.25, -0.2) is 14.3 Å². The number of amides is 1. The van der Waals surface area contributed by atoms with Gasteiger partial charge < -0.3 is 24.8 Å². The molecule has 166 valence electrons. The molecule has 10 heteroatoms. The maximum atomic E-state index is 11.6. The lowest BCUT2D eigenvalue weighted by atomic mass is 10.1. The van der Waals surface area contributed by atoms with Crippen molar-refractivity contribution in [1.82, 2.24) is 19.5 Å². The van der Waals surface area contributed by atoms with Crippen molar-refractivity contribution in [2.45, 2.75) is 13.5 Å². The van der Waals surface area contributed by atoms with Crippen LogP contribution in [-0.2, 0) is 16.1 Å². The SMILES string of the molecule is COc1cc(C)cc2cc(-c3cc(COCCN4CCOC4=O)n4ncnc(N)c34)sc12. The van der Waals surface area contributed by atoms with Crippen LogP contribution in [0.15, 0.2) is 30.6 Å². The number of methoxy groups -OCH3 is 1. The van der Waals surface area contributed by atoms with Gasteiger partial charge in [0.15, 0.2) is 5.82 Å². The molecule has 9 nitrogen and oxygen atoms in total. The van der Waals surface area contributed by atoms with Crippen molar-refractivity contribution < 1.29 is 19.0 Å². The van der Waals surface area contributed by atoms with Crippen LogP contribution in [0.1, 0.15) is 11.3 Å². The Kier molecular flexibility index (Phi) is 5.32. The minimum absolute atomic E-state index is 0.292. The van der Waals surface area contributed by atoms with Gasteiger partial charge in [-0.3, -0.25) is 0 Å². The maximum absolute atomic E-state index is 11.6. The molecular weight excluding hydrogens is 430 g/mol. The Balaban J connectivity index is 1.46. The Bertz CT molecular complexity index is 1310. The zero-order valence-corrected chi connectivity index (χ0v) is 18.6. The third kappa shape index (κ3) is 3.61. The lowest BCUT2D eigenvalue weighted by Gasteiger charge is -2.12. The molecule has 0 spiro atoms. The fraction of sp³-hybridized carbons (Fsp3) is 0.318. The molecule has 1 aliphatic rings. The number of fused-ring (bicyclic) bond motifs is 2. The highest BCUT2D eigenvalue weighted by Crippen LogP contribution is 2.42. The van der Waals surface area contributed by atoms with Crippen LogP contribution in [0.25, 0.3) is 26.0 Å². The minimum atomic E-state index is -0.292. The summed E-state index contributed by atoms with van der Waals surface area (Å²) in [5, 5.41) is 5.52. The van der Waals surface area contributed by atoms with Crippen molar-refractivity contribution >= 4 is 38.9 Å². The first-order valence-electron chi connectivity index (χ1n) is 10.2. The molecule has 2 N–H and O–H groups in total. The summed E-state index contributed by atoms with van der Waals surface area (Å²) < 4.78 is 19.2. The number of thiophene rings is 1. The molecule has 0 radical (unpaired) electrons. The molecule has 5 rings (SSSR count). The second-order valence-corrected chi connectivity index (χ2v) is 8.66. The molecule has 3 aromatic heterocycles. The molecular formula is C22H23N5O4S. The molecule has 1 aliphatic heterocycles. The van der Waals surface area contributed by atoms with E-state index in [-0.39, 0.29) is 6.09 Å². The Labute approximate surface area is 188 Å². The third-order valence-corrected chi connectivity index (χ3v) is 6.67. The summed E-state index contributed by atoms with van der Waals surface area (Å²) in [6.07, 6.45) is 1.15. The van der Waals surface area contributed by atoms with E-state index in [0.29, 0.717) is 38.7 Å². The number of aromatic nitrogens is 3. The predicted molar refractivity (Wildman–Crippen MR) is 122 cm³/mol. The molecule has 0 unspecified atom stereocenters. The molecule has 0 aliphatic carbocycles. The van der Waals surface area contributed by atoms with Crippen LogP contribution in [-0.4, -0.2) is 59.0 Å². The van der Waals surface area contributed by atoms with Crippen LogP contribution >= 0.6 is 11.3 Å². The number of cyclic esters (lactones) is 1. The molecule has 0 saturated carbocycles. The molecule has 0 bridgehead atoms. The highest BCUT2D eigenvalue weighted by Gasteiger charge is 2.22. The van der Waals surface area contributed by atoms with Crippen LogP contribution in [0.2, 0.25) is 0 Å². The van der Waals surface area contributed by atoms with E-state index in [1.165, 1.54) is 6.33 Å². The first kappa shape index (κ1) is 20.5. The van der Waals surface area contributed by atoms with Gasteiger partial charge >= 0.3 is 6.09 Å². The van der Waals surface area contributed by atoms with E-state index in [9.17, 15) is 4.79 Å². The molecule has 1 amide bonds. The molecule has 1 fully saturated rings. The van der Waals surface area contributed by atoms with Gasteiger partial charge in [0.1, 0.15) is 24.2 Å². The molecule has 4 heterocycles. The molecule has 32 heavy (non-hydrogen) atoms. The smallest absolute Gasteiger partial charge is 0.410 e. The number of rotatable bonds is 7. The maximum Gasteiger partial charge on any atom is 0.410 e. The Hall–Kier alpha value is -3.37. The summed E-state index contributed by atoms with van der Waals surface area (Å²) in [6, 6.07) is 8.35. The largest absolute Gasteiger partial charge is 0.495 e. The van der Waals surface area contributed by atoms with E-state index in [1.54, 1.807) is 27.9 Å². The summed E-state index contributed by atoms with van der Waals surface area (Å²) in [6.45, 7) is 4.30. The van der Waals surface area contributed by atoms with Crippen LogP contribution < -0.4 is 10.5 Å². The Morgan fingerprint density at radius 2 is 2.16 bits per heavy atom. The minimum Gasteiger partial charge on any atom is -0.495 e. The van der Waals surface area contributed by atoms with E-state index in [0.717, 1.165) is 43.1 Å². The number of ether oxygens (including phenoxy) is 3. The van der Waals surface area contributed by atoms with E-state index in [4.69, 9.17) is 19.9 Å². The van der Waals surface area contributed by atoms with Gasteiger partial charge in [-0.1, -0.05) is 6.07 Å². The topological polar surface area (TPSA) is 104 Å². The predicted octanol–water partition coefficient (Wildman–Crippen LogP) is 3.48. The van der Waals surface area contributed by atoms with Crippen molar-refractivity contribution in [3.8, 4) is 16.2 Å². The number of nitrogens with zero attached hydrogens (tertiary/aromatic N) is 4. The summed E-state index contributed by atoms with van der Waals surface area (Å²) >= 11 is 1.64. The van der Waals surface area contributed by atoms with E-state index in [2.05, 4.69) is 29.1 Å². The summed E-state index contributed by atoms with van der Waals surface area (Å²) in [5.41, 5.74) is 9.93. The van der Waals surface area contributed by atoms with E-state index >= 15 is 0 Å². The average molecular weight is 454 g/mol. The van der Waals surface area contributed by atoms with Gasteiger partial charge in [0, 0.05) is 17.0 Å². The van der Waals surface area contributed by atoms with Crippen molar-refractivity contribution in [3.63, 3.8) is 0 Å². The van der Waals surface area contributed by atoms with Gasteiger partial charge in [-0.15, -0.1) is 11.3 Å². The molecule has 1 aromatic carbocycles. The number of hydrogen-bond acceptors (Lipinski definition) is 8. The van der Waals surface area contributed by atoms with Crippen molar-refractivity contribution in [2.75, 3.05) is 39.1 Å². The first-order chi connectivity index (χ1) is 15.5. The number of nitrogen functional groups attached to an aromatic ring is 1. The summed E-state index contributed by atoms with van der Waals surface area (Å²) in [7, 11) is 1.69. The number of carbonyl (C=O) groups is 1. The monoisotopic (exact) mass is 453 g/mol. The second kappa shape index (κ2) is 8.29. The molecule has 4 aromatic rings. The van der Waals surface area contributed by atoms with Gasteiger partial charge in [0.2, 0.25) is 0 Å². The fourth-order valence-corrected chi connectivity index (χ4v) is 5.10. The number of aryl methyl sites for hydroxylation is 1. The fourth-order valence-electron chi connectivity index (χ4n) is 3.95. The zero-order chi connectivity index (χ0) is 22.2. The van der Waals surface area contributed by atoms with E-state index in [1.807, 2.05) is 12.1 Å². The normalized spacial score (nSPS) is 13.9. The zero-order valence-electron chi connectivity index (χ0n) is 17.8. The third-order valence-electron chi connectivity index (χ3n) is 5.47. The van der Waals surface area contributed by atoms with Gasteiger partial charge in [0.05, 0.1) is 37.3 Å². The highest BCUT2D eigenvalue weighted by molar-refractivity contribution is 7.22. The number of carbonyl (C=O) groups excluding carboxylic acids is 1. The number of nitrogens with two attached hydrogens (primary N) is 1.